The van der Waals surface area contributed by atoms with Gasteiger partial charge in [-0.1, -0.05) is 48.0 Å². The Bertz CT molecular complexity index is 786. The van der Waals surface area contributed by atoms with Gasteiger partial charge in [0.15, 0.2) is 0 Å². The Hall–Kier alpha value is -1.55. The van der Waals surface area contributed by atoms with Gasteiger partial charge in [0.1, 0.15) is 5.78 Å². The number of likely N-dealkylation sites (tertiary alicyclic amines) is 1. The van der Waals surface area contributed by atoms with Crippen LogP contribution in [0.2, 0.25) is 0 Å². The number of carbonyl (C=O) groups excluding carboxylic acids is 1. The number of thioether (sulfide) groups is 1. The summed E-state index contributed by atoms with van der Waals surface area (Å²) in [4.78, 5) is 15.1. The van der Waals surface area contributed by atoms with Crippen molar-refractivity contribution >= 4 is 35.5 Å². The number of piperidine rings is 1. The number of benzene rings is 2. The SMILES string of the molecule is CC(=O)CN1CCC(=C2c3ccccc3CSc3ccccc32)CC1.Cl. The fraction of sp³-hybridized carbons (Fsp3) is 0.318. The lowest BCUT2D eigenvalue weighted by molar-refractivity contribution is -0.118. The van der Waals surface area contributed by atoms with E-state index < -0.39 is 0 Å². The van der Waals surface area contributed by atoms with E-state index in [-0.39, 0.29) is 18.2 Å². The number of halogens is 1. The number of nitrogens with zero attached hydrogens (tertiary/aromatic N) is 1. The first kappa shape index (κ1) is 19.2. The van der Waals surface area contributed by atoms with E-state index in [9.17, 15) is 4.79 Å². The van der Waals surface area contributed by atoms with Crippen LogP contribution in [0, 0.1) is 0 Å². The minimum atomic E-state index is 0. The van der Waals surface area contributed by atoms with E-state index in [0.29, 0.717) is 6.54 Å². The van der Waals surface area contributed by atoms with Crippen LogP contribution in [0.3, 0.4) is 0 Å². The minimum absolute atomic E-state index is 0. The van der Waals surface area contributed by atoms with Crippen LogP contribution in [0.15, 0.2) is 59.0 Å². The first-order valence-corrected chi connectivity index (χ1v) is 9.95. The Morgan fingerprint density at radius 1 is 1.00 bits per heavy atom. The van der Waals surface area contributed by atoms with Crippen molar-refractivity contribution in [2.24, 2.45) is 0 Å². The summed E-state index contributed by atoms with van der Waals surface area (Å²) in [6, 6.07) is 17.7. The van der Waals surface area contributed by atoms with E-state index in [1.165, 1.54) is 27.2 Å². The molecule has 2 aliphatic rings. The van der Waals surface area contributed by atoms with Gasteiger partial charge in [0.25, 0.3) is 0 Å². The third kappa shape index (κ3) is 3.90. The molecule has 2 aliphatic heterocycles. The summed E-state index contributed by atoms with van der Waals surface area (Å²) in [6.45, 7) is 4.24. The van der Waals surface area contributed by atoms with Crippen LogP contribution in [0.1, 0.15) is 36.5 Å². The van der Waals surface area contributed by atoms with Crippen molar-refractivity contribution in [3.8, 4) is 0 Å². The zero-order chi connectivity index (χ0) is 17.2. The van der Waals surface area contributed by atoms with E-state index in [0.717, 1.165) is 31.7 Å². The summed E-state index contributed by atoms with van der Waals surface area (Å²) in [5, 5.41) is 0. The summed E-state index contributed by atoms with van der Waals surface area (Å²) in [5.41, 5.74) is 7.20. The van der Waals surface area contributed by atoms with Gasteiger partial charge in [-0.2, -0.15) is 0 Å². The maximum atomic E-state index is 11.4. The molecule has 1 fully saturated rings. The smallest absolute Gasteiger partial charge is 0.143 e. The number of hydrogen-bond donors (Lipinski definition) is 0. The van der Waals surface area contributed by atoms with Crippen LogP contribution in [-0.2, 0) is 10.5 Å². The Labute approximate surface area is 166 Å². The van der Waals surface area contributed by atoms with Crippen molar-refractivity contribution in [3.05, 3.63) is 70.8 Å². The average molecular weight is 386 g/mol. The van der Waals surface area contributed by atoms with Crippen molar-refractivity contribution in [1.29, 1.82) is 0 Å². The highest BCUT2D eigenvalue weighted by Crippen LogP contribution is 2.43. The molecule has 26 heavy (non-hydrogen) atoms. The van der Waals surface area contributed by atoms with Crippen LogP contribution in [0.25, 0.3) is 5.57 Å². The molecular formula is C22H24ClNOS. The van der Waals surface area contributed by atoms with Crippen molar-refractivity contribution in [2.45, 2.75) is 30.4 Å². The van der Waals surface area contributed by atoms with Gasteiger partial charge in [0.2, 0.25) is 0 Å². The molecule has 2 aromatic rings. The third-order valence-electron chi connectivity index (χ3n) is 5.09. The lowest BCUT2D eigenvalue weighted by Crippen LogP contribution is -2.34. The van der Waals surface area contributed by atoms with E-state index >= 15 is 0 Å². The van der Waals surface area contributed by atoms with Crippen LogP contribution < -0.4 is 0 Å². The highest BCUT2D eigenvalue weighted by Gasteiger charge is 2.24. The predicted molar refractivity (Wildman–Crippen MR) is 112 cm³/mol. The second kappa shape index (κ2) is 8.43. The second-order valence-electron chi connectivity index (χ2n) is 6.90. The highest BCUT2D eigenvalue weighted by atomic mass is 35.5. The molecule has 0 saturated carbocycles. The van der Waals surface area contributed by atoms with Gasteiger partial charge in [0, 0.05) is 23.7 Å². The molecule has 2 nitrogen and oxygen atoms in total. The van der Waals surface area contributed by atoms with Crippen LogP contribution >= 0.6 is 24.2 Å². The molecule has 0 spiro atoms. The first-order chi connectivity index (χ1) is 12.2. The van der Waals surface area contributed by atoms with Crippen LogP contribution in [0.4, 0.5) is 0 Å². The molecule has 2 aromatic carbocycles. The molecule has 0 amide bonds. The lowest BCUT2D eigenvalue weighted by Gasteiger charge is -2.29. The molecule has 0 radical (unpaired) electrons. The van der Waals surface area contributed by atoms with Crippen molar-refractivity contribution in [1.82, 2.24) is 4.90 Å². The largest absolute Gasteiger partial charge is 0.299 e. The van der Waals surface area contributed by atoms with Crippen molar-refractivity contribution in [2.75, 3.05) is 19.6 Å². The quantitative estimate of drug-likeness (QED) is 0.708. The van der Waals surface area contributed by atoms with Gasteiger partial charge in [-0.05, 0) is 48.1 Å². The lowest BCUT2D eigenvalue weighted by atomic mass is 9.86. The predicted octanol–water partition coefficient (Wildman–Crippen LogP) is 5.20. The van der Waals surface area contributed by atoms with Gasteiger partial charge in [-0.25, -0.2) is 0 Å². The second-order valence-corrected chi connectivity index (χ2v) is 7.92. The normalized spacial score (nSPS) is 17.0. The molecule has 136 valence electrons. The molecule has 1 saturated heterocycles. The third-order valence-corrected chi connectivity index (χ3v) is 6.21. The Morgan fingerprint density at radius 3 is 2.38 bits per heavy atom. The van der Waals surface area contributed by atoms with Crippen molar-refractivity contribution in [3.63, 3.8) is 0 Å². The molecule has 2 heterocycles. The maximum absolute atomic E-state index is 11.4. The fourth-order valence-corrected chi connectivity index (χ4v) is 4.98. The van der Waals surface area contributed by atoms with E-state index in [2.05, 4.69) is 53.4 Å². The zero-order valence-corrected chi connectivity index (χ0v) is 16.7. The average Bonchev–Trinajstić information content (AvgIpc) is 2.79. The number of carbonyl (C=O) groups is 1. The summed E-state index contributed by atoms with van der Waals surface area (Å²) in [5.74, 6) is 1.29. The number of Topliss-reactive ketones (excluding diaryl/α,β-unsaturated/α-hetero) is 1. The molecule has 0 aliphatic carbocycles. The molecule has 4 heteroatoms. The number of fused-ring (bicyclic) bond motifs is 2. The summed E-state index contributed by atoms with van der Waals surface area (Å²) in [7, 11) is 0. The molecule has 0 atom stereocenters. The molecule has 0 unspecified atom stereocenters. The van der Waals surface area contributed by atoms with Gasteiger partial charge >= 0.3 is 0 Å². The van der Waals surface area contributed by atoms with Gasteiger partial charge in [-0.3, -0.25) is 9.69 Å². The molecular weight excluding hydrogens is 362 g/mol. The standard InChI is InChI=1S/C22H23NOS.ClH/c1-16(24)14-23-12-10-17(11-13-23)22-19-7-3-2-6-18(19)15-25-21-9-5-4-8-20(21)22;/h2-9H,10-15H2,1H3;1H. The van der Waals surface area contributed by atoms with Crippen LogP contribution in [-0.4, -0.2) is 30.3 Å². The number of rotatable bonds is 2. The van der Waals surface area contributed by atoms with E-state index in [4.69, 9.17) is 0 Å². The van der Waals surface area contributed by atoms with E-state index in [1.807, 2.05) is 11.8 Å². The molecule has 4 rings (SSSR count). The highest BCUT2D eigenvalue weighted by molar-refractivity contribution is 7.98. The Morgan fingerprint density at radius 2 is 1.65 bits per heavy atom. The minimum Gasteiger partial charge on any atom is -0.299 e. The summed E-state index contributed by atoms with van der Waals surface area (Å²) >= 11 is 1.94. The first-order valence-electron chi connectivity index (χ1n) is 8.96. The topological polar surface area (TPSA) is 20.3 Å². The number of ketones is 1. The Kier molecular flexibility index (Phi) is 6.23. The van der Waals surface area contributed by atoms with E-state index in [1.54, 1.807) is 12.5 Å². The maximum Gasteiger partial charge on any atom is 0.143 e. The van der Waals surface area contributed by atoms with Gasteiger partial charge in [0.05, 0.1) is 6.54 Å². The van der Waals surface area contributed by atoms with Crippen LogP contribution in [0.5, 0.6) is 0 Å². The zero-order valence-electron chi connectivity index (χ0n) is 15.0. The molecule has 0 bridgehead atoms. The summed E-state index contributed by atoms with van der Waals surface area (Å²) in [6.07, 6.45) is 2.10. The number of hydrogen-bond acceptors (Lipinski definition) is 3. The van der Waals surface area contributed by atoms with Gasteiger partial charge < -0.3 is 0 Å². The Balaban J connectivity index is 0.00000196. The van der Waals surface area contributed by atoms with Gasteiger partial charge in [-0.15, -0.1) is 24.2 Å². The summed E-state index contributed by atoms with van der Waals surface area (Å²) < 4.78 is 0. The van der Waals surface area contributed by atoms with Crippen molar-refractivity contribution < 1.29 is 4.79 Å². The molecule has 0 N–H and O–H groups in total. The fourth-order valence-electron chi connectivity index (χ4n) is 3.92. The molecule has 0 aromatic heterocycles. The monoisotopic (exact) mass is 385 g/mol.